The van der Waals surface area contributed by atoms with Crippen LogP contribution in [-0.4, -0.2) is 41.0 Å². The maximum atomic E-state index is 11.4. The zero-order chi connectivity index (χ0) is 9.68. The van der Waals surface area contributed by atoms with Crippen LogP contribution in [0.15, 0.2) is 0 Å². The molecule has 0 spiro atoms. The van der Waals surface area contributed by atoms with Crippen molar-refractivity contribution in [2.75, 3.05) is 24.1 Å². The van der Waals surface area contributed by atoms with Crippen LogP contribution in [0.1, 0.15) is 19.8 Å². The Bertz CT molecular complexity index is 175. The minimum Gasteiger partial charge on any atom is -0.366 e. The van der Waals surface area contributed by atoms with Gasteiger partial charge in [-0.25, -0.2) is 0 Å². The van der Waals surface area contributed by atoms with Crippen molar-refractivity contribution in [1.29, 1.82) is 0 Å². The predicted octanol–water partition coefficient (Wildman–Crippen LogP) is 1.45. The van der Waals surface area contributed by atoms with Gasteiger partial charge in [-0.15, -0.1) is 0 Å². The highest BCUT2D eigenvalue weighted by atomic mass is 127. The lowest BCUT2D eigenvalue weighted by molar-refractivity contribution is -0.147. The largest absolute Gasteiger partial charge is 0.366 e. The number of hydrogen-bond acceptors (Lipinski definition) is 2. The molecule has 1 aliphatic rings. The molecule has 0 N–H and O–H groups in total. The fourth-order valence-electron chi connectivity index (χ4n) is 1.34. The van der Waals surface area contributed by atoms with Gasteiger partial charge in [-0.1, -0.05) is 35.9 Å². The van der Waals surface area contributed by atoms with Crippen LogP contribution in [0.25, 0.3) is 0 Å². The molecule has 0 aromatic carbocycles. The summed E-state index contributed by atoms with van der Waals surface area (Å²) in [6.45, 7) is 4.09. The van der Waals surface area contributed by atoms with Gasteiger partial charge in [-0.2, -0.15) is 0 Å². The van der Waals surface area contributed by atoms with Crippen molar-refractivity contribution in [2.24, 2.45) is 0 Å². The van der Waals surface area contributed by atoms with E-state index in [0.717, 1.165) is 30.4 Å². The van der Waals surface area contributed by atoms with Gasteiger partial charge in [0.15, 0.2) is 0 Å². The topological polar surface area (TPSA) is 29.5 Å². The van der Waals surface area contributed by atoms with E-state index in [1.807, 2.05) is 4.90 Å². The Labute approximate surface area is 92.9 Å². The summed E-state index contributed by atoms with van der Waals surface area (Å²) in [6, 6.07) is 0. The first-order chi connectivity index (χ1) is 6.27. The summed E-state index contributed by atoms with van der Waals surface area (Å²) < 4.78 is 6.32. The number of hydrogen-bond donors (Lipinski definition) is 0. The first kappa shape index (κ1) is 11.2. The Morgan fingerprint density at radius 1 is 1.69 bits per heavy atom. The molecule has 1 aliphatic heterocycles. The van der Waals surface area contributed by atoms with Gasteiger partial charge in [0.05, 0.1) is 6.10 Å². The molecule has 0 aromatic heterocycles. The van der Waals surface area contributed by atoms with E-state index >= 15 is 0 Å². The van der Waals surface area contributed by atoms with Crippen LogP contribution in [-0.2, 0) is 9.53 Å². The van der Waals surface area contributed by atoms with Gasteiger partial charge in [0.2, 0.25) is 5.91 Å². The summed E-state index contributed by atoms with van der Waals surface area (Å²) >= 11 is 2.30. The molecule has 13 heavy (non-hydrogen) atoms. The Balaban J connectivity index is 2.36. The molecule has 0 saturated carbocycles. The number of alkyl halides is 1. The highest BCUT2D eigenvalue weighted by Crippen LogP contribution is 2.09. The van der Waals surface area contributed by atoms with E-state index in [-0.39, 0.29) is 18.6 Å². The number of unbranched alkanes of at least 4 members (excludes halogenated alkanes) is 1. The predicted molar refractivity (Wildman–Crippen MR) is 60.1 cm³/mol. The normalized spacial score (nSPS) is 23.7. The molecule has 0 bridgehead atoms. The van der Waals surface area contributed by atoms with Crippen molar-refractivity contribution in [1.82, 2.24) is 4.90 Å². The van der Waals surface area contributed by atoms with E-state index in [1.165, 1.54) is 0 Å². The smallest absolute Gasteiger partial charge is 0.248 e. The molecule has 4 heteroatoms. The maximum absolute atomic E-state index is 11.4. The second kappa shape index (κ2) is 5.80. The zero-order valence-electron chi connectivity index (χ0n) is 7.96. The van der Waals surface area contributed by atoms with E-state index in [0.29, 0.717) is 0 Å². The van der Waals surface area contributed by atoms with Gasteiger partial charge >= 0.3 is 0 Å². The highest BCUT2D eigenvalue weighted by molar-refractivity contribution is 14.1. The van der Waals surface area contributed by atoms with Gasteiger partial charge < -0.3 is 9.64 Å². The summed E-state index contributed by atoms with van der Waals surface area (Å²) in [5.41, 5.74) is 0. The molecule has 0 aromatic rings. The molecule has 1 atom stereocenters. The average molecular weight is 297 g/mol. The van der Waals surface area contributed by atoms with Gasteiger partial charge in [0.25, 0.3) is 0 Å². The highest BCUT2D eigenvalue weighted by Gasteiger charge is 2.24. The third kappa shape index (κ3) is 3.42. The lowest BCUT2D eigenvalue weighted by Gasteiger charge is -2.31. The SMILES string of the molecule is CCCCN1CC(CI)OCC1=O. The van der Waals surface area contributed by atoms with Gasteiger partial charge in [-0.05, 0) is 6.42 Å². The molecule has 0 radical (unpaired) electrons. The lowest BCUT2D eigenvalue weighted by atomic mass is 10.2. The van der Waals surface area contributed by atoms with E-state index in [2.05, 4.69) is 29.5 Å². The second-order valence-corrected chi connectivity index (χ2v) is 4.16. The minimum atomic E-state index is 0.148. The van der Waals surface area contributed by atoms with E-state index in [4.69, 9.17) is 4.74 Å². The third-order valence-electron chi connectivity index (χ3n) is 2.17. The van der Waals surface area contributed by atoms with Crippen molar-refractivity contribution in [3.05, 3.63) is 0 Å². The molecule has 1 saturated heterocycles. The molecule has 1 amide bonds. The molecular weight excluding hydrogens is 281 g/mol. The van der Waals surface area contributed by atoms with Crippen molar-refractivity contribution in [2.45, 2.75) is 25.9 Å². The molecule has 1 fully saturated rings. The summed E-state index contributed by atoms with van der Waals surface area (Å²) in [7, 11) is 0. The number of amides is 1. The summed E-state index contributed by atoms with van der Waals surface area (Å²) in [5.74, 6) is 0.148. The van der Waals surface area contributed by atoms with Crippen LogP contribution in [0.2, 0.25) is 0 Å². The lowest BCUT2D eigenvalue weighted by Crippen LogP contribution is -2.47. The monoisotopic (exact) mass is 297 g/mol. The van der Waals surface area contributed by atoms with Crippen LogP contribution in [0.3, 0.4) is 0 Å². The Morgan fingerprint density at radius 2 is 2.46 bits per heavy atom. The Kier molecular flexibility index (Phi) is 5.01. The number of rotatable bonds is 4. The maximum Gasteiger partial charge on any atom is 0.248 e. The van der Waals surface area contributed by atoms with Crippen molar-refractivity contribution < 1.29 is 9.53 Å². The molecule has 3 nitrogen and oxygen atoms in total. The Hall–Kier alpha value is 0.160. The summed E-state index contributed by atoms with van der Waals surface area (Å²) in [5, 5.41) is 0. The number of nitrogens with zero attached hydrogens (tertiary/aromatic N) is 1. The van der Waals surface area contributed by atoms with Crippen LogP contribution < -0.4 is 0 Å². The standard InChI is InChI=1S/C9H16INO2/c1-2-3-4-11-6-8(5-10)13-7-9(11)12/h8H,2-7H2,1H3. The summed E-state index contributed by atoms with van der Waals surface area (Å²) in [4.78, 5) is 13.3. The second-order valence-electron chi connectivity index (χ2n) is 3.28. The first-order valence-electron chi connectivity index (χ1n) is 4.73. The number of carbonyl (C=O) groups excluding carboxylic acids is 1. The quantitative estimate of drug-likeness (QED) is 0.580. The molecule has 76 valence electrons. The fraction of sp³-hybridized carbons (Fsp3) is 0.889. The van der Waals surface area contributed by atoms with Crippen molar-refractivity contribution >= 4 is 28.5 Å². The van der Waals surface area contributed by atoms with Crippen LogP contribution in [0.4, 0.5) is 0 Å². The van der Waals surface area contributed by atoms with Gasteiger partial charge in [-0.3, -0.25) is 4.79 Å². The van der Waals surface area contributed by atoms with Crippen LogP contribution in [0.5, 0.6) is 0 Å². The van der Waals surface area contributed by atoms with Gasteiger partial charge in [0.1, 0.15) is 6.61 Å². The number of halogens is 1. The zero-order valence-corrected chi connectivity index (χ0v) is 10.1. The minimum absolute atomic E-state index is 0.148. The average Bonchev–Trinajstić information content (AvgIpc) is 2.17. The first-order valence-corrected chi connectivity index (χ1v) is 6.25. The molecule has 1 unspecified atom stereocenters. The van der Waals surface area contributed by atoms with Crippen molar-refractivity contribution in [3.63, 3.8) is 0 Å². The Morgan fingerprint density at radius 3 is 3.08 bits per heavy atom. The van der Waals surface area contributed by atoms with E-state index in [1.54, 1.807) is 0 Å². The molecule has 1 rings (SSSR count). The van der Waals surface area contributed by atoms with E-state index in [9.17, 15) is 4.79 Å². The fourth-order valence-corrected chi connectivity index (χ4v) is 1.87. The number of morpholine rings is 1. The molecule has 1 heterocycles. The van der Waals surface area contributed by atoms with Crippen LogP contribution in [0, 0.1) is 0 Å². The number of ether oxygens (including phenoxy) is 1. The van der Waals surface area contributed by atoms with Crippen LogP contribution >= 0.6 is 22.6 Å². The molecule has 0 aliphatic carbocycles. The summed E-state index contributed by atoms with van der Waals surface area (Å²) in [6.07, 6.45) is 2.48. The van der Waals surface area contributed by atoms with Crippen molar-refractivity contribution in [3.8, 4) is 0 Å². The molecular formula is C9H16INO2. The van der Waals surface area contributed by atoms with E-state index < -0.39 is 0 Å². The van der Waals surface area contributed by atoms with Gasteiger partial charge in [0, 0.05) is 17.5 Å². The third-order valence-corrected chi connectivity index (χ3v) is 3.16. The number of carbonyl (C=O) groups is 1.